The SMILES string of the molecule is CCOC(=O)c1ccc(NC(=O)Nc2cccc(-c3ccnc4c(C(=O)OCC)cnn34)c2)cc1. The normalized spacial score (nSPS) is 10.6. The number of hydrogen-bond donors (Lipinski definition) is 2. The molecule has 0 aliphatic heterocycles. The van der Waals surface area contributed by atoms with E-state index in [1.165, 1.54) is 6.20 Å². The standard InChI is InChI=1S/C25H23N5O5/c1-3-34-23(31)16-8-10-18(11-9-16)28-25(33)29-19-7-5-6-17(14-19)21-12-13-26-22-20(15-27-30(21)22)24(32)35-4-2/h5-15H,3-4H2,1-2H3,(H2,28,29,33). The van der Waals surface area contributed by atoms with E-state index in [-0.39, 0.29) is 18.8 Å². The third kappa shape index (κ3) is 5.27. The minimum atomic E-state index is -0.491. The van der Waals surface area contributed by atoms with E-state index in [1.54, 1.807) is 73.1 Å². The van der Waals surface area contributed by atoms with Crippen molar-refractivity contribution in [2.75, 3.05) is 23.8 Å². The number of fused-ring (bicyclic) bond motifs is 1. The number of amides is 2. The van der Waals surface area contributed by atoms with Gasteiger partial charge < -0.3 is 20.1 Å². The van der Waals surface area contributed by atoms with E-state index >= 15 is 0 Å². The maximum atomic E-state index is 12.5. The molecular weight excluding hydrogens is 450 g/mol. The van der Waals surface area contributed by atoms with Gasteiger partial charge >= 0.3 is 18.0 Å². The summed E-state index contributed by atoms with van der Waals surface area (Å²) in [4.78, 5) is 40.7. The zero-order valence-electron chi connectivity index (χ0n) is 19.1. The van der Waals surface area contributed by atoms with Gasteiger partial charge in [0, 0.05) is 23.1 Å². The lowest BCUT2D eigenvalue weighted by atomic mass is 10.1. The summed E-state index contributed by atoms with van der Waals surface area (Å²) in [5, 5.41) is 9.81. The van der Waals surface area contributed by atoms with Crippen molar-refractivity contribution in [3.8, 4) is 11.3 Å². The van der Waals surface area contributed by atoms with Crippen LogP contribution in [0.25, 0.3) is 16.9 Å². The lowest BCUT2D eigenvalue weighted by molar-refractivity contribution is 0.0517. The molecular formula is C25H23N5O5. The molecule has 4 aromatic rings. The average molecular weight is 473 g/mol. The molecule has 4 rings (SSSR count). The molecule has 0 atom stereocenters. The van der Waals surface area contributed by atoms with E-state index in [0.717, 1.165) is 5.56 Å². The van der Waals surface area contributed by atoms with Crippen molar-refractivity contribution in [2.24, 2.45) is 0 Å². The Labute approximate surface area is 200 Å². The highest BCUT2D eigenvalue weighted by Gasteiger charge is 2.17. The van der Waals surface area contributed by atoms with Gasteiger partial charge in [-0.05, 0) is 56.3 Å². The molecule has 0 aliphatic rings. The first-order valence-electron chi connectivity index (χ1n) is 11.0. The van der Waals surface area contributed by atoms with E-state index < -0.39 is 18.0 Å². The smallest absolute Gasteiger partial charge is 0.343 e. The van der Waals surface area contributed by atoms with Crippen molar-refractivity contribution in [1.29, 1.82) is 0 Å². The minimum Gasteiger partial charge on any atom is -0.462 e. The first-order valence-corrected chi connectivity index (χ1v) is 11.0. The summed E-state index contributed by atoms with van der Waals surface area (Å²) < 4.78 is 11.6. The third-order valence-electron chi connectivity index (χ3n) is 4.97. The van der Waals surface area contributed by atoms with Crippen LogP contribution in [-0.2, 0) is 9.47 Å². The molecule has 2 aromatic carbocycles. The molecule has 0 spiro atoms. The fraction of sp³-hybridized carbons (Fsp3) is 0.160. The Morgan fingerprint density at radius 3 is 2.34 bits per heavy atom. The van der Waals surface area contributed by atoms with Gasteiger partial charge in [0.15, 0.2) is 5.65 Å². The van der Waals surface area contributed by atoms with Gasteiger partial charge in [-0.2, -0.15) is 5.10 Å². The predicted molar refractivity (Wildman–Crippen MR) is 129 cm³/mol. The van der Waals surface area contributed by atoms with Gasteiger partial charge in [-0.15, -0.1) is 0 Å². The number of rotatable bonds is 7. The van der Waals surface area contributed by atoms with Crippen LogP contribution in [0.1, 0.15) is 34.6 Å². The lowest BCUT2D eigenvalue weighted by Crippen LogP contribution is -2.19. The van der Waals surface area contributed by atoms with Crippen molar-refractivity contribution >= 4 is 35.0 Å². The van der Waals surface area contributed by atoms with Crippen LogP contribution < -0.4 is 10.6 Å². The number of nitrogens with zero attached hydrogens (tertiary/aromatic N) is 3. The summed E-state index contributed by atoms with van der Waals surface area (Å²) in [7, 11) is 0. The summed E-state index contributed by atoms with van der Waals surface area (Å²) in [6.45, 7) is 4.01. The molecule has 10 nitrogen and oxygen atoms in total. The number of esters is 2. The van der Waals surface area contributed by atoms with Gasteiger partial charge in [0.1, 0.15) is 5.56 Å². The van der Waals surface area contributed by atoms with Gasteiger partial charge in [0.2, 0.25) is 0 Å². The zero-order chi connectivity index (χ0) is 24.8. The number of aromatic nitrogens is 3. The van der Waals surface area contributed by atoms with Crippen LogP contribution in [0.5, 0.6) is 0 Å². The third-order valence-corrected chi connectivity index (χ3v) is 4.97. The highest BCUT2D eigenvalue weighted by Crippen LogP contribution is 2.24. The number of hydrogen-bond acceptors (Lipinski definition) is 7. The Balaban J connectivity index is 1.50. The Morgan fingerprint density at radius 1 is 0.886 bits per heavy atom. The lowest BCUT2D eigenvalue weighted by Gasteiger charge is -2.10. The van der Waals surface area contributed by atoms with Crippen LogP contribution in [-0.4, -0.2) is 45.8 Å². The number of nitrogens with one attached hydrogen (secondary N) is 2. The van der Waals surface area contributed by atoms with Crippen LogP contribution in [0.15, 0.2) is 67.0 Å². The van der Waals surface area contributed by atoms with E-state index in [2.05, 4.69) is 20.7 Å². The Kier molecular flexibility index (Phi) is 7.01. The molecule has 2 N–H and O–H groups in total. The molecule has 35 heavy (non-hydrogen) atoms. The topological polar surface area (TPSA) is 124 Å². The number of benzene rings is 2. The maximum Gasteiger partial charge on any atom is 0.343 e. The van der Waals surface area contributed by atoms with Gasteiger partial charge in [0.25, 0.3) is 0 Å². The summed E-state index contributed by atoms with van der Waals surface area (Å²) in [6, 6.07) is 14.9. The van der Waals surface area contributed by atoms with Crippen LogP contribution >= 0.6 is 0 Å². The highest BCUT2D eigenvalue weighted by molar-refractivity contribution is 6.00. The fourth-order valence-corrected chi connectivity index (χ4v) is 3.42. The number of carbonyl (C=O) groups excluding carboxylic acids is 3. The van der Waals surface area contributed by atoms with Crippen molar-refractivity contribution in [3.63, 3.8) is 0 Å². The van der Waals surface area contributed by atoms with E-state index in [9.17, 15) is 14.4 Å². The van der Waals surface area contributed by atoms with Crippen molar-refractivity contribution in [2.45, 2.75) is 13.8 Å². The zero-order valence-corrected chi connectivity index (χ0v) is 19.1. The first-order chi connectivity index (χ1) is 17.0. The van der Waals surface area contributed by atoms with E-state index in [0.29, 0.717) is 28.3 Å². The molecule has 0 unspecified atom stereocenters. The largest absolute Gasteiger partial charge is 0.462 e. The van der Waals surface area contributed by atoms with Gasteiger partial charge in [-0.25, -0.2) is 23.9 Å². The summed E-state index contributed by atoms with van der Waals surface area (Å²) in [5.41, 5.74) is 3.56. The van der Waals surface area contributed by atoms with Crippen LogP contribution in [0.4, 0.5) is 16.2 Å². The van der Waals surface area contributed by atoms with Crippen molar-refractivity contribution < 1.29 is 23.9 Å². The molecule has 2 heterocycles. The fourth-order valence-electron chi connectivity index (χ4n) is 3.42. The second kappa shape index (κ2) is 10.5. The number of anilines is 2. The van der Waals surface area contributed by atoms with Crippen molar-refractivity contribution in [3.05, 3.63) is 78.1 Å². The monoisotopic (exact) mass is 473 g/mol. The second-order valence-corrected chi connectivity index (χ2v) is 7.30. The quantitative estimate of drug-likeness (QED) is 0.381. The average Bonchev–Trinajstić information content (AvgIpc) is 3.29. The van der Waals surface area contributed by atoms with Crippen LogP contribution in [0.3, 0.4) is 0 Å². The molecule has 178 valence electrons. The Bertz CT molecular complexity index is 1380. The molecule has 0 saturated carbocycles. The van der Waals surface area contributed by atoms with Crippen LogP contribution in [0, 0.1) is 0 Å². The highest BCUT2D eigenvalue weighted by atomic mass is 16.5. The Morgan fingerprint density at radius 2 is 1.60 bits per heavy atom. The molecule has 0 bridgehead atoms. The number of carbonyl (C=O) groups is 3. The molecule has 2 aromatic heterocycles. The molecule has 10 heteroatoms. The molecule has 0 aliphatic carbocycles. The van der Waals surface area contributed by atoms with Gasteiger partial charge in [-0.1, -0.05) is 12.1 Å². The van der Waals surface area contributed by atoms with E-state index in [4.69, 9.17) is 9.47 Å². The van der Waals surface area contributed by atoms with Gasteiger partial charge in [0.05, 0.1) is 30.7 Å². The number of ether oxygens (including phenoxy) is 2. The predicted octanol–water partition coefficient (Wildman–Crippen LogP) is 4.39. The van der Waals surface area contributed by atoms with Crippen LogP contribution in [0.2, 0.25) is 0 Å². The summed E-state index contributed by atoms with van der Waals surface area (Å²) in [5.74, 6) is -0.911. The molecule has 0 fully saturated rings. The molecule has 0 saturated heterocycles. The minimum absolute atomic E-state index is 0.251. The number of urea groups is 1. The molecule has 0 radical (unpaired) electrons. The summed E-state index contributed by atoms with van der Waals surface area (Å²) >= 11 is 0. The first kappa shape index (κ1) is 23.4. The van der Waals surface area contributed by atoms with E-state index in [1.807, 2.05) is 6.07 Å². The molecule has 2 amide bonds. The van der Waals surface area contributed by atoms with Crippen molar-refractivity contribution in [1.82, 2.24) is 14.6 Å². The summed E-state index contributed by atoms with van der Waals surface area (Å²) in [6.07, 6.45) is 3.01. The van der Waals surface area contributed by atoms with Gasteiger partial charge in [-0.3, -0.25) is 0 Å². The second-order valence-electron chi connectivity index (χ2n) is 7.30. The Hall–Kier alpha value is -4.73. The maximum absolute atomic E-state index is 12.5.